The third kappa shape index (κ3) is 4.35. The first-order valence-electron chi connectivity index (χ1n) is 8.87. The van der Waals surface area contributed by atoms with Crippen molar-refractivity contribution in [3.63, 3.8) is 0 Å². The zero-order chi connectivity index (χ0) is 19.4. The second-order valence-corrected chi connectivity index (χ2v) is 8.65. The van der Waals surface area contributed by atoms with Crippen molar-refractivity contribution in [3.05, 3.63) is 65.7 Å². The lowest BCUT2D eigenvalue weighted by Crippen LogP contribution is -2.32. The molecule has 144 valence electrons. The summed E-state index contributed by atoms with van der Waals surface area (Å²) in [6.45, 7) is 0. The third-order valence-corrected chi connectivity index (χ3v) is 6.39. The maximum absolute atomic E-state index is 12.7. The molecule has 1 aliphatic carbocycles. The molecule has 0 aromatic heterocycles. The molecule has 4 nitrogen and oxygen atoms in total. The number of benzene rings is 2. The molecule has 2 aromatic rings. The molecule has 1 atom stereocenters. The Morgan fingerprint density at radius 3 is 2.11 bits per heavy atom. The first-order chi connectivity index (χ1) is 12.9. The molecular weight excluding hydrogens is 372 g/mol. The van der Waals surface area contributed by atoms with Gasteiger partial charge in [0.25, 0.3) is 5.91 Å². The Hall–Kier alpha value is -2.28. The topological polar surface area (TPSA) is 63.2 Å². The summed E-state index contributed by atoms with van der Waals surface area (Å²) in [5, 5.41) is 3.04. The monoisotopic (exact) mass is 393 g/mol. The average Bonchev–Trinajstić information content (AvgIpc) is 3.21. The molecule has 7 heteroatoms. The van der Waals surface area contributed by atoms with Crippen LogP contribution in [-0.2, 0) is 9.84 Å². The highest BCUT2D eigenvalue weighted by molar-refractivity contribution is 7.91. The van der Waals surface area contributed by atoms with E-state index in [9.17, 15) is 22.0 Å². The van der Waals surface area contributed by atoms with E-state index in [4.69, 9.17) is 0 Å². The SMILES string of the molecule is O=C(NC(c1ccccc1)C1CCCC1)c1ccc(S(=O)(=O)C(F)F)cc1. The molecule has 1 saturated carbocycles. The van der Waals surface area contributed by atoms with Crippen LogP contribution in [0, 0.1) is 5.92 Å². The van der Waals surface area contributed by atoms with Crippen molar-refractivity contribution in [2.24, 2.45) is 5.92 Å². The molecule has 0 bridgehead atoms. The van der Waals surface area contributed by atoms with Crippen molar-refractivity contribution in [2.45, 2.75) is 42.4 Å². The van der Waals surface area contributed by atoms with Crippen LogP contribution in [0.3, 0.4) is 0 Å². The summed E-state index contributed by atoms with van der Waals surface area (Å²) < 4.78 is 48.2. The summed E-state index contributed by atoms with van der Waals surface area (Å²) in [4.78, 5) is 12.2. The highest BCUT2D eigenvalue weighted by Crippen LogP contribution is 2.35. The van der Waals surface area contributed by atoms with Crippen LogP contribution in [0.1, 0.15) is 47.6 Å². The Kier molecular flexibility index (Phi) is 5.89. The van der Waals surface area contributed by atoms with Gasteiger partial charge in [0.05, 0.1) is 10.9 Å². The van der Waals surface area contributed by atoms with Gasteiger partial charge in [0.15, 0.2) is 0 Å². The van der Waals surface area contributed by atoms with Gasteiger partial charge in [0.2, 0.25) is 9.84 Å². The van der Waals surface area contributed by atoms with Crippen LogP contribution in [-0.4, -0.2) is 20.1 Å². The lowest BCUT2D eigenvalue weighted by Gasteiger charge is -2.25. The molecule has 0 aliphatic heterocycles. The molecule has 2 aromatic carbocycles. The van der Waals surface area contributed by atoms with Gasteiger partial charge in [-0.25, -0.2) is 8.42 Å². The van der Waals surface area contributed by atoms with E-state index in [-0.39, 0.29) is 17.5 Å². The first-order valence-corrected chi connectivity index (χ1v) is 10.4. The van der Waals surface area contributed by atoms with E-state index < -0.39 is 20.5 Å². The van der Waals surface area contributed by atoms with Gasteiger partial charge in [0, 0.05) is 5.56 Å². The minimum atomic E-state index is -4.66. The second-order valence-electron chi connectivity index (χ2n) is 6.74. The molecule has 27 heavy (non-hydrogen) atoms. The molecule has 1 N–H and O–H groups in total. The quantitative estimate of drug-likeness (QED) is 0.794. The number of hydrogen-bond acceptors (Lipinski definition) is 3. The van der Waals surface area contributed by atoms with E-state index in [0.29, 0.717) is 5.92 Å². The maximum Gasteiger partial charge on any atom is 0.341 e. The van der Waals surface area contributed by atoms with Crippen molar-refractivity contribution >= 4 is 15.7 Å². The highest BCUT2D eigenvalue weighted by atomic mass is 32.2. The fraction of sp³-hybridized carbons (Fsp3) is 0.350. The summed E-state index contributed by atoms with van der Waals surface area (Å²) in [5.74, 6) is -3.49. The zero-order valence-electron chi connectivity index (χ0n) is 14.6. The van der Waals surface area contributed by atoms with Gasteiger partial charge in [-0.1, -0.05) is 43.2 Å². The fourth-order valence-electron chi connectivity index (χ4n) is 3.55. The summed E-state index contributed by atoms with van der Waals surface area (Å²) in [7, 11) is -4.66. The third-order valence-electron chi connectivity index (χ3n) is 5.00. The summed E-state index contributed by atoms with van der Waals surface area (Å²) in [5.41, 5.74) is 1.26. The van der Waals surface area contributed by atoms with Crippen molar-refractivity contribution < 1.29 is 22.0 Å². The second kappa shape index (κ2) is 8.17. The van der Waals surface area contributed by atoms with Gasteiger partial charge in [-0.15, -0.1) is 0 Å². The standard InChI is InChI=1S/C20H21F2NO3S/c21-20(22)27(25,26)17-12-10-16(11-13-17)19(24)23-18(15-8-4-5-9-15)14-6-2-1-3-7-14/h1-3,6-7,10-13,15,18,20H,4-5,8-9H2,(H,23,24). The van der Waals surface area contributed by atoms with Crippen LogP contribution < -0.4 is 5.32 Å². The largest absolute Gasteiger partial charge is 0.345 e. The molecule has 1 fully saturated rings. The summed E-state index contributed by atoms with van der Waals surface area (Å²) >= 11 is 0. The number of nitrogens with one attached hydrogen (secondary N) is 1. The predicted molar refractivity (Wildman–Crippen MR) is 98.2 cm³/mol. The number of carbonyl (C=O) groups excluding carboxylic acids is 1. The van der Waals surface area contributed by atoms with Crippen LogP contribution in [0.15, 0.2) is 59.5 Å². The molecule has 0 saturated heterocycles. The van der Waals surface area contributed by atoms with Gasteiger partial charge in [-0.3, -0.25) is 4.79 Å². The van der Waals surface area contributed by atoms with Crippen molar-refractivity contribution in [1.29, 1.82) is 0 Å². The van der Waals surface area contributed by atoms with E-state index in [1.165, 1.54) is 12.1 Å². The maximum atomic E-state index is 12.7. The van der Waals surface area contributed by atoms with Crippen molar-refractivity contribution in [3.8, 4) is 0 Å². The Morgan fingerprint density at radius 2 is 1.56 bits per heavy atom. The minimum Gasteiger partial charge on any atom is -0.345 e. The van der Waals surface area contributed by atoms with Crippen LogP contribution in [0.25, 0.3) is 0 Å². The first kappa shape index (κ1) is 19.5. The molecule has 0 radical (unpaired) electrons. The zero-order valence-corrected chi connectivity index (χ0v) is 15.5. The molecule has 0 heterocycles. The fourth-order valence-corrected chi connectivity index (χ4v) is 4.27. The Morgan fingerprint density at radius 1 is 0.963 bits per heavy atom. The average molecular weight is 393 g/mol. The molecule has 1 amide bonds. The number of sulfone groups is 1. The van der Waals surface area contributed by atoms with E-state index in [2.05, 4.69) is 5.32 Å². The number of hydrogen-bond donors (Lipinski definition) is 1. The molecule has 3 rings (SSSR count). The van der Waals surface area contributed by atoms with E-state index >= 15 is 0 Å². The number of rotatable bonds is 6. The highest BCUT2D eigenvalue weighted by Gasteiger charge is 2.29. The van der Waals surface area contributed by atoms with Crippen LogP contribution in [0.5, 0.6) is 0 Å². The lowest BCUT2D eigenvalue weighted by molar-refractivity contribution is 0.0921. The summed E-state index contributed by atoms with van der Waals surface area (Å²) in [6.07, 6.45) is 4.32. The lowest BCUT2D eigenvalue weighted by atomic mass is 9.91. The molecule has 1 unspecified atom stereocenters. The van der Waals surface area contributed by atoms with Gasteiger partial charge >= 0.3 is 5.76 Å². The van der Waals surface area contributed by atoms with Gasteiger partial charge in [-0.2, -0.15) is 8.78 Å². The van der Waals surface area contributed by atoms with Gasteiger partial charge in [0.1, 0.15) is 0 Å². The smallest absolute Gasteiger partial charge is 0.341 e. The van der Waals surface area contributed by atoms with E-state index in [1.807, 2.05) is 30.3 Å². The van der Waals surface area contributed by atoms with Crippen molar-refractivity contribution in [1.82, 2.24) is 5.32 Å². The van der Waals surface area contributed by atoms with Crippen LogP contribution >= 0.6 is 0 Å². The molecule has 1 aliphatic rings. The minimum absolute atomic E-state index is 0.134. The number of alkyl halides is 2. The van der Waals surface area contributed by atoms with E-state index in [1.54, 1.807) is 0 Å². The van der Waals surface area contributed by atoms with Crippen LogP contribution in [0.2, 0.25) is 0 Å². The van der Waals surface area contributed by atoms with Crippen molar-refractivity contribution in [2.75, 3.05) is 0 Å². The normalized spacial score (nSPS) is 16.4. The predicted octanol–water partition coefficient (Wildman–Crippen LogP) is 4.34. The van der Waals surface area contributed by atoms with Gasteiger partial charge in [-0.05, 0) is 48.6 Å². The number of amides is 1. The van der Waals surface area contributed by atoms with E-state index in [0.717, 1.165) is 43.4 Å². The summed E-state index contributed by atoms with van der Waals surface area (Å²) in [6, 6.07) is 14.2. The number of carbonyl (C=O) groups is 1. The van der Waals surface area contributed by atoms with Gasteiger partial charge < -0.3 is 5.32 Å². The molecular formula is C20H21F2NO3S. The number of halogens is 2. The Bertz CT molecular complexity index is 877. The molecule has 0 spiro atoms. The Labute approximate surface area is 157 Å². The Balaban J connectivity index is 1.80. The van der Waals surface area contributed by atoms with Crippen LogP contribution in [0.4, 0.5) is 8.78 Å².